The van der Waals surface area contributed by atoms with Crippen LogP contribution in [0.3, 0.4) is 0 Å². The van der Waals surface area contributed by atoms with Gasteiger partial charge in [-0.05, 0) is 12.1 Å². The third kappa shape index (κ3) is 3.25. The van der Waals surface area contributed by atoms with Gasteiger partial charge in [-0.15, -0.1) is 0 Å². The number of primary amides is 1. The van der Waals surface area contributed by atoms with Crippen molar-refractivity contribution in [3.05, 3.63) is 23.9 Å². The summed E-state index contributed by atoms with van der Waals surface area (Å²) < 4.78 is 35.5. The van der Waals surface area contributed by atoms with Crippen LogP contribution in [0.2, 0.25) is 0 Å². The highest BCUT2D eigenvalue weighted by Gasteiger charge is 2.29. The zero-order valence-corrected chi connectivity index (χ0v) is 7.52. The van der Waals surface area contributed by atoms with Crippen molar-refractivity contribution in [2.45, 2.75) is 10.5 Å². The van der Waals surface area contributed by atoms with Crippen molar-refractivity contribution in [2.24, 2.45) is 5.73 Å². The van der Waals surface area contributed by atoms with E-state index in [1.165, 1.54) is 6.07 Å². The summed E-state index contributed by atoms with van der Waals surface area (Å²) in [6.45, 7) is 0. The number of nitrogens with two attached hydrogens (primary N) is 1. The molecule has 1 heterocycles. The van der Waals surface area contributed by atoms with Crippen LogP contribution in [-0.4, -0.2) is 16.4 Å². The lowest BCUT2D eigenvalue weighted by Gasteiger charge is -2.04. The number of aromatic nitrogens is 1. The van der Waals surface area contributed by atoms with Crippen molar-refractivity contribution in [1.82, 2.24) is 4.98 Å². The van der Waals surface area contributed by atoms with Crippen LogP contribution in [0.5, 0.6) is 0 Å². The van der Waals surface area contributed by atoms with Gasteiger partial charge in [0.1, 0.15) is 5.03 Å². The van der Waals surface area contributed by atoms with Crippen LogP contribution in [0.1, 0.15) is 10.4 Å². The molecule has 0 spiro atoms. The van der Waals surface area contributed by atoms with Crippen LogP contribution in [0.25, 0.3) is 0 Å². The van der Waals surface area contributed by atoms with Gasteiger partial charge in [-0.3, -0.25) is 4.79 Å². The molecule has 0 saturated heterocycles. The number of hydrogen-bond donors (Lipinski definition) is 1. The van der Waals surface area contributed by atoms with E-state index in [-0.39, 0.29) is 22.4 Å². The Hall–Kier alpha value is -1.24. The number of alkyl halides is 3. The Morgan fingerprint density at radius 1 is 1.43 bits per heavy atom. The van der Waals surface area contributed by atoms with Gasteiger partial charge in [-0.25, -0.2) is 4.98 Å². The molecular formula is C7H5F3N2OS. The van der Waals surface area contributed by atoms with Gasteiger partial charge >= 0.3 is 5.51 Å². The number of rotatable bonds is 2. The predicted octanol–water partition coefficient (Wildman–Crippen LogP) is 1.79. The van der Waals surface area contributed by atoms with Gasteiger partial charge in [-0.1, -0.05) is 0 Å². The van der Waals surface area contributed by atoms with E-state index < -0.39 is 11.4 Å². The summed E-state index contributed by atoms with van der Waals surface area (Å²) >= 11 is -0.342. The van der Waals surface area contributed by atoms with E-state index in [0.717, 1.165) is 12.3 Å². The molecule has 0 aliphatic heterocycles. The van der Waals surface area contributed by atoms with Crippen LogP contribution >= 0.6 is 11.8 Å². The quantitative estimate of drug-likeness (QED) is 0.776. The van der Waals surface area contributed by atoms with E-state index in [0.29, 0.717) is 0 Å². The molecule has 0 aromatic carbocycles. The minimum absolute atomic E-state index is 0.0801. The van der Waals surface area contributed by atoms with Gasteiger partial charge in [0.25, 0.3) is 0 Å². The number of halogens is 3. The van der Waals surface area contributed by atoms with Gasteiger partial charge in [0.15, 0.2) is 0 Å². The second-order valence-corrected chi connectivity index (χ2v) is 3.38. The van der Waals surface area contributed by atoms with Crippen LogP contribution in [-0.2, 0) is 0 Å². The highest BCUT2D eigenvalue weighted by molar-refractivity contribution is 8.00. The highest BCUT2D eigenvalue weighted by atomic mass is 32.2. The maximum atomic E-state index is 11.8. The molecule has 0 fully saturated rings. The molecule has 2 N–H and O–H groups in total. The average molecular weight is 222 g/mol. The summed E-state index contributed by atoms with van der Waals surface area (Å²) in [6, 6.07) is 2.29. The summed E-state index contributed by atoms with van der Waals surface area (Å²) in [5.41, 5.74) is 0.589. The molecule has 7 heteroatoms. The van der Waals surface area contributed by atoms with E-state index in [1.54, 1.807) is 0 Å². The Bertz CT molecular complexity index is 336. The van der Waals surface area contributed by atoms with Crippen molar-refractivity contribution >= 4 is 17.7 Å². The number of hydrogen-bond acceptors (Lipinski definition) is 3. The Balaban J connectivity index is 2.79. The summed E-state index contributed by atoms with van der Waals surface area (Å²) in [7, 11) is 0. The molecule has 0 radical (unpaired) electrons. The molecule has 3 nitrogen and oxygen atoms in total. The second kappa shape index (κ2) is 3.87. The molecule has 0 aliphatic rings. The van der Waals surface area contributed by atoms with E-state index in [2.05, 4.69) is 4.98 Å². The Morgan fingerprint density at radius 2 is 2.07 bits per heavy atom. The first-order chi connectivity index (χ1) is 6.38. The molecular weight excluding hydrogens is 217 g/mol. The summed E-state index contributed by atoms with van der Waals surface area (Å²) in [5.74, 6) is -0.721. The van der Waals surface area contributed by atoms with Crippen molar-refractivity contribution in [3.8, 4) is 0 Å². The third-order valence-corrected chi connectivity index (χ3v) is 1.92. The fourth-order valence-electron chi connectivity index (χ4n) is 0.705. The van der Waals surface area contributed by atoms with Crippen molar-refractivity contribution in [1.29, 1.82) is 0 Å². The van der Waals surface area contributed by atoms with E-state index >= 15 is 0 Å². The molecule has 0 saturated carbocycles. The van der Waals surface area contributed by atoms with E-state index in [9.17, 15) is 18.0 Å². The summed E-state index contributed by atoms with van der Waals surface area (Å²) in [4.78, 5) is 14.0. The predicted molar refractivity (Wildman–Crippen MR) is 44.7 cm³/mol. The van der Waals surface area contributed by atoms with Gasteiger partial charge < -0.3 is 5.73 Å². The zero-order chi connectivity index (χ0) is 10.8. The molecule has 1 aromatic rings. The highest BCUT2D eigenvalue weighted by Crippen LogP contribution is 2.35. The fourth-order valence-corrected chi connectivity index (χ4v) is 1.18. The Labute approximate surface area is 81.5 Å². The minimum atomic E-state index is -4.37. The normalized spacial score (nSPS) is 11.4. The van der Waals surface area contributed by atoms with Gasteiger partial charge in [0.05, 0.1) is 5.56 Å². The zero-order valence-electron chi connectivity index (χ0n) is 6.71. The van der Waals surface area contributed by atoms with E-state index in [4.69, 9.17) is 5.73 Å². The van der Waals surface area contributed by atoms with Gasteiger partial charge in [0.2, 0.25) is 5.91 Å². The molecule has 0 bridgehead atoms. The average Bonchev–Trinajstić information content (AvgIpc) is 2.02. The lowest BCUT2D eigenvalue weighted by molar-refractivity contribution is -0.0329. The van der Waals surface area contributed by atoms with Crippen LogP contribution in [0.4, 0.5) is 13.2 Å². The number of thioether (sulfide) groups is 1. The number of carbonyl (C=O) groups excluding carboxylic acids is 1. The number of carbonyl (C=O) groups is 1. The van der Waals surface area contributed by atoms with Crippen LogP contribution in [0, 0.1) is 0 Å². The second-order valence-electron chi connectivity index (χ2n) is 2.30. The van der Waals surface area contributed by atoms with Crippen molar-refractivity contribution in [3.63, 3.8) is 0 Å². The van der Waals surface area contributed by atoms with Gasteiger partial charge in [-0.2, -0.15) is 13.2 Å². The van der Waals surface area contributed by atoms with Crippen molar-refractivity contribution in [2.75, 3.05) is 0 Å². The molecule has 14 heavy (non-hydrogen) atoms. The number of nitrogens with zero attached hydrogens (tertiary/aromatic N) is 1. The molecule has 1 aromatic heterocycles. The Morgan fingerprint density at radius 3 is 2.43 bits per heavy atom. The lowest BCUT2D eigenvalue weighted by atomic mass is 10.3. The SMILES string of the molecule is NC(=O)c1ccc(SC(F)(F)F)nc1. The molecule has 1 rings (SSSR count). The third-order valence-electron chi connectivity index (χ3n) is 1.24. The molecule has 0 unspecified atom stereocenters. The summed E-state index contributed by atoms with van der Waals surface area (Å²) in [5, 5.41) is -0.220. The molecule has 0 aliphatic carbocycles. The lowest BCUT2D eigenvalue weighted by Crippen LogP contribution is -2.11. The topological polar surface area (TPSA) is 56.0 Å². The van der Waals surface area contributed by atoms with Crippen LogP contribution in [0.15, 0.2) is 23.4 Å². The molecule has 0 atom stereocenters. The number of pyridine rings is 1. The monoisotopic (exact) mass is 222 g/mol. The summed E-state index contributed by atoms with van der Waals surface area (Å²) in [6.07, 6.45) is 1.01. The first-order valence-corrected chi connectivity index (χ1v) is 4.22. The molecule has 1 amide bonds. The van der Waals surface area contributed by atoms with E-state index in [1.807, 2.05) is 0 Å². The van der Waals surface area contributed by atoms with Crippen LogP contribution < -0.4 is 5.73 Å². The largest absolute Gasteiger partial charge is 0.447 e. The maximum absolute atomic E-state index is 11.8. The number of amides is 1. The Kier molecular flexibility index (Phi) is 3.00. The fraction of sp³-hybridized carbons (Fsp3) is 0.143. The standard InChI is InChI=1S/C7H5F3N2OS/c8-7(9,10)14-5-2-1-4(3-12-5)6(11)13/h1-3H,(H2,11,13). The van der Waals surface area contributed by atoms with Gasteiger partial charge in [0, 0.05) is 18.0 Å². The van der Waals surface area contributed by atoms with Crippen molar-refractivity contribution < 1.29 is 18.0 Å². The first kappa shape index (κ1) is 10.8. The minimum Gasteiger partial charge on any atom is -0.366 e. The molecule has 76 valence electrons. The smallest absolute Gasteiger partial charge is 0.366 e. The maximum Gasteiger partial charge on any atom is 0.447 e. The first-order valence-electron chi connectivity index (χ1n) is 3.40.